The summed E-state index contributed by atoms with van der Waals surface area (Å²) in [4.78, 5) is 23.2. The summed E-state index contributed by atoms with van der Waals surface area (Å²) in [6.45, 7) is -0.903. The average molecular weight is 315 g/mol. The number of para-hydroxylation sites is 1. The van der Waals surface area contributed by atoms with Gasteiger partial charge in [-0.2, -0.15) is 0 Å². The minimum Gasteiger partial charge on any atom is -0.398 e. The first-order valence-corrected chi connectivity index (χ1v) is 6.23. The van der Waals surface area contributed by atoms with Gasteiger partial charge in [-0.15, -0.1) is 0 Å². The van der Waals surface area contributed by atoms with Crippen LogP contribution in [0.1, 0.15) is 10.4 Å². The molecule has 4 atom stereocenters. The first-order chi connectivity index (χ1) is 10.3. The van der Waals surface area contributed by atoms with Crippen molar-refractivity contribution in [1.29, 1.82) is 0 Å². The number of carbonyl (C=O) groups excluding carboxylic acids is 2. The number of anilines is 1. The molecule has 0 radical (unpaired) electrons. The zero-order valence-corrected chi connectivity index (χ0v) is 11.4. The molecule has 0 aliphatic rings. The Balaban J connectivity index is 2.72. The van der Waals surface area contributed by atoms with E-state index in [1.807, 2.05) is 0 Å². The van der Waals surface area contributed by atoms with Crippen LogP contribution in [0.2, 0.25) is 0 Å². The summed E-state index contributed by atoms with van der Waals surface area (Å²) in [5, 5.41) is 46.1. The van der Waals surface area contributed by atoms with Gasteiger partial charge in [-0.05, 0) is 12.1 Å². The van der Waals surface area contributed by atoms with Gasteiger partial charge in [0.15, 0.2) is 6.10 Å². The van der Waals surface area contributed by atoms with Gasteiger partial charge in [0, 0.05) is 5.69 Å². The van der Waals surface area contributed by atoms with Crippen LogP contribution >= 0.6 is 0 Å². The van der Waals surface area contributed by atoms with E-state index < -0.39 is 43.0 Å². The van der Waals surface area contributed by atoms with Gasteiger partial charge in [0.25, 0.3) is 0 Å². The molecule has 22 heavy (non-hydrogen) atoms. The fourth-order valence-electron chi connectivity index (χ4n) is 1.55. The van der Waals surface area contributed by atoms with Crippen molar-refractivity contribution in [1.82, 2.24) is 0 Å². The number of esters is 2. The summed E-state index contributed by atoms with van der Waals surface area (Å²) >= 11 is 0. The lowest BCUT2D eigenvalue weighted by molar-refractivity contribution is -0.164. The highest BCUT2D eigenvalue weighted by Gasteiger charge is 2.36. The van der Waals surface area contributed by atoms with E-state index in [9.17, 15) is 24.9 Å². The Morgan fingerprint density at radius 2 is 1.68 bits per heavy atom. The van der Waals surface area contributed by atoms with Gasteiger partial charge in [-0.3, -0.25) is 0 Å². The fraction of sp³-hybridized carbons (Fsp3) is 0.385. The predicted molar refractivity (Wildman–Crippen MR) is 72.4 cm³/mol. The molecule has 0 heterocycles. The smallest absolute Gasteiger partial charge is 0.347 e. The van der Waals surface area contributed by atoms with E-state index in [2.05, 4.69) is 4.74 Å². The van der Waals surface area contributed by atoms with Crippen LogP contribution in [0.5, 0.6) is 0 Å². The van der Waals surface area contributed by atoms with Crippen molar-refractivity contribution in [3.8, 4) is 0 Å². The number of benzene rings is 1. The minimum absolute atomic E-state index is 0.0473. The molecule has 0 unspecified atom stereocenters. The summed E-state index contributed by atoms with van der Waals surface area (Å²) in [7, 11) is 0. The Morgan fingerprint density at radius 3 is 2.23 bits per heavy atom. The zero-order chi connectivity index (χ0) is 16.9. The summed E-state index contributed by atoms with van der Waals surface area (Å²) in [6, 6.07) is 5.72. The molecule has 0 aliphatic carbocycles. The molecule has 0 spiro atoms. The molecular weight excluding hydrogens is 298 g/mol. The predicted octanol–water partition coefficient (Wildman–Crippen LogP) is -2.61. The Hall–Kier alpha value is -2.04. The number of aliphatic hydroxyl groups excluding tert-OH is 5. The molecule has 9 nitrogen and oxygen atoms in total. The normalized spacial score (nSPS) is 16.4. The van der Waals surface area contributed by atoms with Crippen LogP contribution in [0.15, 0.2) is 24.3 Å². The van der Waals surface area contributed by atoms with Gasteiger partial charge >= 0.3 is 11.9 Å². The van der Waals surface area contributed by atoms with Gasteiger partial charge in [-0.25, -0.2) is 9.59 Å². The molecule has 1 aromatic rings. The Morgan fingerprint density at radius 1 is 1.09 bits per heavy atom. The number of carbonyl (C=O) groups is 2. The van der Waals surface area contributed by atoms with E-state index in [0.717, 1.165) is 0 Å². The quantitative estimate of drug-likeness (QED) is 0.187. The SMILES string of the molecule is Nc1ccccc1C(=O)OC(=O)[C@H](O)[C@@H](O)[C@H](O)[C@H](O)CO. The van der Waals surface area contributed by atoms with Crippen molar-refractivity contribution in [2.24, 2.45) is 0 Å². The Labute approximate surface area is 125 Å². The molecule has 122 valence electrons. The molecule has 0 aromatic heterocycles. The molecule has 0 bridgehead atoms. The van der Waals surface area contributed by atoms with Crippen LogP contribution in [0.3, 0.4) is 0 Å². The number of hydrogen-bond donors (Lipinski definition) is 6. The van der Waals surface area contributed by atoms with E-state index >= 15 is 0 Å². The summed E-state index contributed by atoms with van der Waals surface area (Å²) in [6.07, 6.45) is -8.25. The summed E-state index contributed by atoms with van der Waals surface area (Å²) in [5.41, 5.74) is 5.44. The van der Waals surface area contributed by atoms with Crippen LogP contribution in [0.25, 0.3) is 0 Å². The molecule has 9 heteroatoms. The molecule has 1 rings (SSSR count). The molecule has 1 aromatic carbocycles. The largest absolute Gasteiger partial charge is 0.398 e. The van der Waals surface area contributed by atoms with Crippen LogP contribution < -0.4 is 5.73 Å². The Bertz CT molecular complexity index is 535. The molecular formula is C13H17NO8. The molecule has 0 saturated carbocycles. The maximum Gasteiger partial charge on any atom is 0.347 e. The maximum atomic E-state index is 11.7. The number of nitrogens with two attached hydrogens (primary N) is 1. The van der Waals surface area contributed by atoms with Crippen LogP contribution in [0, 0.1) is 0 Å². The monoisotopic (exact) mass is 315 g/mol. The standard InChI is InChI=1S/C13H17NO8/c14-7-4-2-1-3-6(7)12(20)22-13(21)11(19)10(18)9(17)8(16)5-15/h1-4,8-11,15-19H,5,14H2/t8-,9-,10+,11-/m1/s1. The van der Waals surface area contributed by atoms with Gasteiger partial charge in [0.1, 0.15) is 18.3 Å². The second-order valence-electron chi connectivity index (χ2n) is 4.47. The maximum absolute atomic E-state index is 11.7. The second kappa shape index (κ2) is 7.82. The molecule has 0 saturated heterocycles. The first kappa shape index (κ1) is 18.0. The van der Waals surface area contributed by atoms with Gasteiger partial charge in [-0.1, -0.05) is 12.1 Å². The van der Waals surface area contributed by atoms with E-state index in [0.29, 0.717) is 0 Å². The van der Waals surface area contributed by atoms with Crippen molar-refractivity contribution in [3.63, 3.8) is 0 Å². The lowest BCUT2D eigenvalue weighted by Crippen LogP contribution is -2.49. The minimum atomic E-state index is -2.30. The van der Waals surface area contributed by atoms with Gasteiger partial charge < -0.3 is 36.0 Å². The highest BCUT2D eigenvalue weighted by Crippen LogP contribution is 2.13. The third-order valence-electron chi connectivity index (χ3n) is 2.87. The number of nitrogen functional groups attached to an aromatic ring is 1. The van der Waals surface area contributed by atoms with Crippen molar-refractivity contribution >= 4 is 17.6 Å². The van der Waals surface area contributed by atoms with Crippen molar-refractivity contribution in [2.75, 3.05) is 12.3 Å². The van der Waals surface area contributed by atoms with E-state index in [-0.39, 0.29) is 11.3 Å². The number of hydrogen-bond acceptors (Lipinski definition) is 9. The Kier molecular flexibility index (Phi) is 6.40. The van der Waals surface area contributed by atoms with E-state index in [1.54, 1.807) is 6.07 Å². The number of rotatable bonds is 6. The van der Waals surface area contributed by atoms with Crippen LogP contribution in [-0.2, 0) is 9.53 Å². The second-order valence-corrected chi connectivity index (χ2v) is 4.47. The molecule has 0 amide bonds. The summed E-state index contributed by atoms with van der Waals surface area (Å²) in [5.74, 6) is -2.68. The van der Waals surface area contributed by atoms with Gasteiger partial charge in [0.2, 0.25) is 0 Å². The van der Waals surface area contributed by atoms with E-state index in [4.69, 9.17) is 15.9 Å². The highest BCUT2D eigenvalue weighted by molar-refractivity contribution is 6.01. The topological polar surface area (TPSA) is 171 Å². The summed E-state index contributed by atoms with van der Waals surface area (Å²) < 4.78 is 4.34. The molecule has 0 fully saturated rings. The third-order valence-corrected chi connectivity index (χ3v) is 2.87. The number of aliphatic hydroxyl groups is 5. The average Bonchev–Trinajstić information content (AvgIpc) is 2.51. The van der Waals surface area contributed by atoms with Gasteiger partial charge in [0.05, 0.1) is 12.2 Å². The first-order valence-electron chi connectivity index (χ1n) is 6.23. The van der Waals surface area contributed by atoms with Crippen molar-refractivity contribution in [3.05, 3.63) is 29.8 Å². The zero-order valence-electron chi connectivity index (χ0n) is 11.4. The fourth-order valence-corrected chi connectivity index (χ4v) is 1.55. The highest BCUT2D eigenvalue weighted by atomic mass is 16.6. The van der Waals surface area contributed by atoms with Crippen molar-refractivity contribution in [2.45, 2.75) is 24.4 Å². The van der Waals surface area contributed by atoms with Crippen molar-refractivity contribution < 1.29 is 39.9 Å². The van der Waals surface area contributed by atoms with Crippen LogP contribution in [-0.4, -0.2) is 68.5 Å². The number of ether oxygens (including phenoxy) is 1. The third kappa shape index (κ3) is 4.23. The van der Waals surface area contributed by atoms with Crippen LogP contribution in [0.4, 0.5) is 5.69 Å². The van der Waals surface area contributed by atoms with E-state index in [1.165, 1.54) is 18.2 Å². The lowest BCUT2D eigenvalue weighted by Gasteiger charge is -2.24. The lowest BCUT2D eigenvalue weighted by atomic mass is 10.0. The molecule has 7 N–H and O–H groups in total. The molecule has 0 aliphatic heterocycles.